The third kappa shape index (κ3) is 2.59. The Kier molecular flexibility index (Phi) is 3.80. The van der Waals surface area contributed by atoms with Crippen LogP contribution in [-0.2, 0) is 0 Å². The predicted molar refractivity (Wildman–Crippen MR) is 88.5 cm³/mol. The zero-order chi connectivity index (χ0) is 14.8. The first-order valence-electron chi connectivity index (χ1n) is 7.49. The Morgan fingerprint density at radius 2 is 1.86 bits per heavy atom. The molecule has 1 heterocycles. The zero-order valence-electron chi connectivity index (χ0n) is 12.8. The molecule has 2 heteroatoms. The van der Waals surface area contributed by atoms with Crippen LogP contribution in [-0.4, -0.2) is 7.05 Å². The van der Waals surface area contributed by atoms with Crippen molar-refractivity contribution < 1.29 is 4.42 Å². The number of benzene rings is 2. The van der Waals surface area contributed by atoms with E-state index in [1.807, 2.05) is 7.05 Å². The van der Waals surface area contributed by atoms with Crippen LogP contribution in [0.5, 0.6) is 0 Å². The third-order valence-electron chi connectivity index (χ3n) is 4.10. The first kappa shape index (κ1) is 13.9. The highest BCUT2D eigenvalue weighted by atomic mass is 16.3. The quantitative estimate of drug-likeness (QED) is 0.720. The largest absolute Gasteiger partial charge is 0.456 e. The summed E-state index contributed by atoms with van der Waals surface area (Å²) in [6.45, 7) is 4.27. The van der Waals surface area contributed by atoms with Crippen LogP contribution in [0.1, 0.15) is 30.5 Å². The molecule has 3 rings (SSSR count). The van der Waals surface area contributed by atoms with Gasteiger partial charge in [-0.1, -0.05) is 49.4 Å². The van der Waals surface area contributed by atoms with Crippen molar-refractivity contribution in [3.8, 4) is 11.3 Å². The van der Waals surface area contributed by atoms with E-state index < -0.39 is 0 Å². The van der Waals surface area contributed by atoms with Gasteiger partial charge in [0.05, 0.1) is 0 Å². The summed E-state index contributed by atoms with van der Waals surface area (Å²) in [6, 6.07) is 17.4. The highest BCUT2D eigenvalue weighted by Crippen LogP contribution is 2.30. The summed E-state index contributed by atoms with van der Waals surface area (Å²) in [6.07, 6.45) is 1.08. The lowest BCUT2D eigenvalue weighted by molar-refractivity contribution is 0.577. The van der Waals surface area contributed by atoms with Gasteiger partial charge in [-0.15, -0.1) is 0 Å². The van der Waals surface area contributed by atoms with Gasteiger partial charge in [-0.2, -0.15) is 0 Å². The van der Waals surface area contributed by atoms with Crippen LogP contribution in [0.25, 0.3) is 22.3 Å². The lowest BCUT2D eigenvalue weighted by Crippen LogP contribution is -2.14. The standard InChI is InChI=1S/C19H21NO/c1-4-17(20-3)14-8-10-15(11-9-14)18-12-16-7-5-6-13(2)19(16)21-18/h5-12,17,20H,4H2,1-3H3. The minimum absolute atomic E-state index is 0.414. The molecule has 1 N–H and O–H groups in total. The van der Waals surface area contributed by atoms with E-state index in [-0.39, 0.29) is 0 Å². The predicted octanol–water partition coefficient (Wildman–Crippen LogP) is 5.08. The second kappa shape index (κ2) is 5.74. The molecule has 0 amide bonds. The van der Waals surface area contributed by atoms with Crippen LogP contribution >= 0.6 is 0 Å². The van der Waals surface area contributed by atoms with Crippen molar-refractivity contribution in [1.29, 1.82) is 0 Å². The van der Waals surface area contributed by atoms with Crippen LogP contribution < -0.4 is 5.32 Å². The molecule has 0 saturated carbocycles. The Morgan fingerprint density at radius 3 is 2.48 bits per heavy atom. The Balaban J connectivity index is 1.97. The van der Waals surface area contributed by atoms with Crippen LogP contribution in [0.15, 0.2) is 52.9 Å². The molecular formula is C19H21NO. The number of nitrogens with one attached hydrogen (secondary N) is 1. The van der Waals surface area contributed by atoms with E-state index >= 15 is 0 Å². The summed E-state index contributed by atoms with van der Waals surface area (Å²) in [5.74, 6) is 0.934. The van der Waals surface area contributed by atoms with E-state index in [9.17, 15) is 0 Å². The van der Waals surface area contributed by atoms with Gasteiger partial charge in [0.25, 0.3) is 0 Å². The fourth-order valence-electron chi connectivity index (χ4n) is 2.84. The number of para-hydroxylation sites is 1. The lowest BCUT2D eigenvalue weighted by atomic mass is 10.0. The fraction of sp³-hybridized carbons (Fsp3) is 0.263. The molecular weight excluding hydrogens is 258 g/mol. The molecule has 1 atom stereocenters. The number of hydrogen-bond donors (Lipinski definition) is 1. The van der Waals surface area contributed by atoms with Crippen LogP contribution in [0.4, 0.5) is 0 Å². The molecule has 108 valence electrons. The van der Waals surface area contributed by atoms with Crippen molar-refractivity contribution in [2.45, 2.75) is 26.3 Å². The Hall–Kier alpha value is -2.06. The SMILES string of the molecule is CCC(NC)c1ccc(-c2cc3cccc(C)c3o2)cc1. The number of hydrogen-bond acceptors (Lipinski definition) is 2. The van der Waals surface area contributed by atoms with Gasteiger partial charge >= 0.3 is 0 Å². The van der Waals surface area contributed by atoms with Crippen LogP contribution in [0.2, 0.25) is 0 Å². The van der Waals surface area contributed by atoms with E-state index in [0.29, 0.717) is 6.04 Å². The van der Waals surface area contributed by atoms with Gasteiger partial charge < -0.3 is 9.73 Å². The Morgan fingerprint density at radius 1 is 1.10 bits per heavy atom. The van der Waals surface area contributed by atoms with Gasteiger partial charge in [0.2, 0.25) is 0 Å². The summed E-state index contributed by atoms with van der Waals surface area (Å²) in [5.41, 5.74) is 4.60. The first-order chi connectivity index (χ1) is 10.2. The third-order valence-corrected chi connectivity index (χ3v) is 4.10. The van der Waals surface area contributed by atoms with Crippen molar-refractivity contribution in [3.05, 3.63) is 59.7 Å². The monoisotopic (exact) mass is 279 g/mol. The average molecular weight is 279 g/mol. The molecule has 2 aromatic carbocycles. The lowest BCUT2D eigenvalue weighted by Gasteiger charge is -2.14. The van der Waals surface area contributed by atoms with Gasteiger partial charge in [-0.05, 0) is 37.6 Å². The topological polar surface area (TPSA) is 25.2 Å². The fourth-order valence-corrected chi connectivity index (χ4v) is 2.84. The summed E-state index contributed by atoms with van der Waals surface area (Å²) >= 11 is 0. The minimum atomic E-state index is 0.414. The molecule has 0 spiro atoms. The summed E-state index contributed by atoms with van der Waals surface area (Å²) < 4.78 is 6.02. The average Bonchev–Trinajstić information content (AvgIpc) is 2.95. The first-order valence-corrected chi connectivity index (χ1v) is 7.49. The molecule has 0 aliphatic carbocycles. The van der Waals surface area contributed by atoms with Gasteiger partial charge in [-0.25, -0.2) is 0 Å². The highest BCUT2D eigenvalue weighted by Gasteiger charge is 2.10. The molecule has 1 unspecified atom stereocenters. The second-order valence-corrected chi connectivity index (χ2v) is 5.48. The van der Waals surface area contributed by atoms with Crippen molar-refractivity contribution >= 4 is 11.0 Å². The number of aryl methyl sites for hydroxylation is 1. The molecule has 1 aromatic heterocycles. The molecule has 21 heavy (non-hydrogen) atoms. The van der Waals surface area contributed by atoms with Gasteiger partial charge in [0.1, 0.15) is 11.3 Å². The maximum atomic E-state index is 6.02. The van der Waals surface area contributed by atoms with Crippen LogP contribution in [0, 0.1) is 6.92 Å². The van der Waals surface area contributed by atoms with Crippen LogP contribution in [0.3, 0.4) is 0 Å². The van der Waals surface area contributed by atoms with Gasteiger partial charge in [0.15, 0.2) is 0 Å². The molecule has 0 saturated heterocycles. The zero-order valence-corrected chi connectivity index (χ0v) is 12.8. The van der Waals surface area contributed by atoms with E-state index in [2.05, 4.69) is 67.7 Å². The van der Waals surface area contributed by atoms with E-state index in [1.165, 1.54) is 11.1 Å². The minimum Gasteiger partial charge on any atom is -0.456 e. The Labute approximate surface area is 125 Å². The second-order valence-electron chi connectivity index (χ2n) is 5.48. The van der Waals surface area contributed by atoms with Gasteiger partial charge in [-0.3, -0.25) is 0 Å². The molecule has 0 radical (unpaired) electrons. The number of fused-ring (bicyclic) bond motifs is 1. The number of furan rings is 1. The smallest absolute Gasteiger partial charge is 0.137 e. The summed E-state index contributed by atoms with van der Waals surface area (Å²) in [7, 11) is 2.00. The van der Waals surface area contributed by atoms with Crippen molar-refractivity contribution in [1.82, 2.24) is 5.32 Å². The summed E-state index contributed by atoms with van der Waals surface area (Å²) in [5, 5.41) is 4.50. The highest BCUT2D eigenvalue weighted by molar-refractivity contribution is 5.85. The van der Waals surface area contributed by atoms with Crippen molar-refractivity contribution in [2.24, 2.45) is 0 Å². The van der Waals surface area contributed by atoms with Gasteiger partial charge in [0, 0.05) is 17.0 Å². The summed E-state index contributed by atoms with van der Waals surface area (Å²) in [4.78, 5) is 0. The van der Waals surface area contributed by atoms with Crippen molar-refractivity contribution in [2.75, 3.05) is 7.05 Å². The van der Waals surface area contributed by atoms with Crippen molar-refractivity contribution in [3.63, 3.8) is 0 Å². The maximum Gasteiger partial charge on any atom is 0.137 e. The maximum absolute atomic E-state index is 6.02. The molecule has 3 aromatic rings. The molecule has 0 aliphatic rings. The number of rotatable bonds is 4. The van der Waals surface area contributed by atoms with E-state index in [4.69, 9.17) is 4.42 Å². The molecule has 0 aliphatic heterocycles. The van der Waals surface area contributed by atoms with E-state index in [1.54, 1.807) is 0 Å². The Bertz CT molecular complexity index is 736. The molecule has 0 fully saturated rings. The molecule has 0 bridgehead atoms. The van der Waals surface area contributed by atoms with E-state index in [0.717, 1.165) is 28.7 Å². The normalized spacial score (nSPS) is 12.7. The molecule has 2 nitrogen and oxygen atoms in total.